The van der Waals surface area contributed by atoms with E-state index in [1.165, 1.54) is 0 Å². The molecule has 2 heterocycles. The van der Waals surface area contributed by atoms with Crippen LogP contribution in [0, 0.1) is 6.92 Å². The van der Waals surface area contributed by atoms with Gasteiger partial charge >= 0.3 is 5.97 Å². The SMILES string of the molecule is Cc1nc(C2NC(C(=O)O)CS2)cs1. The maximum atomic E-state index is 10.7. The van der Waals surface area contributed by atoms with Crippen molar-refractivity contribution in [2.45, 2.75) is 18.3 Å². The summed E-state index contributed by atoms with van der Waals surface area (Å²) in [7, 11) is 0. The van der Waals surface area contributed by atoms with Crippen molar-refractivity contribution in [2.75, 3.05) is 5.75 Å². The Kier molecular flexibility index (Phi) is 2.76. The first kappa shape index (κ1) is 9.95. The third kappa shape index (κ3) is 1.92. The number of rotatable bonds is 2. The van der Waals surface area contributed by atoms with Gasteiger partial charge in [-0.15, -0.1) is 23.1 Å². The van der Waals surface area contributed by atoms with Gasteiger partial charge in [0.2, 0.25) is 0 Å². The molecule has 0 spiro atoms. The van der Waals surface area contributed by atoms with Crippen LogP contribution in [-0.4, -0.2) is 27.9 Å². The van der Waals surface area contributed by atoms with Crippen molar-refractivity contribution in [3.05, 3.63) is 16.1 Å². The zero-order chi connectivity index (χ0) is 10.1. The van der Waals surface area contributed by atoms with Crippen LogP contribution < -0.4 is 5.32 Å². The summed E-state index contributed by atoms with van der Waals surface area (Å²) in [4.78, 5) is 15.0. The average molecular weight is 230 g/mol. The Morgan fingerprint density at radius 3 is 3.07 bits per heavy atom. The lowest BCUT2D eigenvalue weighted by molar-refractivity contribution is -0.138. The molecule has 0 amide bonds. The maximum absolute atomic E-state index is 10.7. The van der Waals surface area contributed by atoms with Crippen LogP contribution in [0.2, 0.25) is 0 Å². The molecule has 0 aliphatic carbocycles. The fourth-order valence-corrected chi connectivity index (χ4v) is 3.19. The number of carbonyl (C=O) groups is 1. The van der Waals surface area contributed by atoms with Crippen molar-refractivity contribution in [1.29, 1.82) is 0 Å². The number of thioether (sulfide) groups is 1. The van der Waals surface area contributed by atoms with Gasteiger partial charge in [-0.2, -0.15) is 0 Å². The fraction of sp³-hybridized carbons (Fsp3) is 0.500. The Hall–Kier alpha value is -0.590. The van der Waals surface area contributed by atoms with Gasteiger partial charge in [0.25, 0.3) is 0 Å². The Morgan fingerprint density at radius 1 is 1.79 bits per heavy atom. The second-order valence-electron chi connectivity index (χ2n) is 3.06. The van der Waals surface area contributed by atoms with Crippen molar-refractivity contribution in [1.82, 2.24) is 10.3 Å². The second-order valence-corrected chi connectivity index (χ2v) is 5.26. The third-order valence-corrected chi connectivity index (χ3v) is 4.01. The van der Waals surface area contributed by atoms with Crippen molar-refractivity contribution < 1.29 is 9.90 Å². The normalized spacial score (nSPS) is 26.6. The average Bonchev–Trinajstić information content (AvgIpc) is 2.70. The molecule has 1 aromatic heterocycles. The molecule has 2 N–H and O–H groups in total. The van der Waals surface area contributed by atoms with E-state index in [-0.39, 0.29) is 5.37 Å². The van der Waals surface area contributed by atoms with Crippen LogP contribution in [0.5, 0.6) is 0 Å². The molecule has 14 heavy (non-hydrogen) atoms. The highest BCUT2D eigenvalue weighted by Gasteiger charge is 2.31. The van der Waals surface area contributed by atoms with E-state index in [0.717, 1.165) is 10.7 Å². The molecule has 4 nitrogen and oxygen atoms in total. The lowest BCUT2D eigenvalue weighted by Gasteiger charge is -2.07. The number of nitrogens with zero attached hydrogens (tertiary/aromatic N) is 1. The molecule has 1 aliphatic rings. The van der Waals surface area contributed by atoms with Gasteiger partial charge in [-0.05, 0) is 6.92 Å². The number of nitrogens with one attached hydrogen (secondary N) is 1. The number of aliphatic carboxylic acids is 1. The highest BCUT2D eigenvalue weighted by molar-refractivity contribution is 7.99. The van der Waals surface area contributed by atoms with Gasteiger partial charge in [0.1, 0.15) is 6.04 Å². The molecule has 0 radical (unpaired) electrons. The summed E-state index contributed by atoms with van der Waals surface area (Å²) in [5.74, 6) is -0.178. The summed E-state index contributed by atoms with van der Waals surface area (Å²) in [5.41, 5.74) is 0.946. The van der Waals surface area contributed by atoms with Gasteiger partial charge in [0, 0.05) is 11.1 Å². The highest BCUT2D eigenvalue weighted by atomic mass is 32.2. The van der Waals surface area contributed by atoms with E-state index in [0.29, 0.717) is 5.75 Å². The first-order valence-corrected chi connectivity index (χ1v) is 6.12. The number of thiazole rings is 1. The van der Waals surface area contributed by atoms with Crippen LogP contribution in [0.1, 0.15) is 16.1 Å². The zero-order valence-electron chi connectivity index (χ0n) is 7.56. The van der Waals surface area contributed by atoms with Crippen LogP contribution >= 0.6 is 23.1 Å². The minimum atomic E-state index is -0.785. The largest absolute Gasteiger partial charge is 0.480 e. The monoisotopic (exact) mass is 230 g/mol. The summed E-state index contributed by atoms with van der Waals surface area (Å²) in [6, 6.07) is -0.438. The standard InChI is InChI=1S/C8H10N2O2S2/c1-4-9-5(2-13-4)7-10-6(3-14-7)8(11)12/h2,6-7,10H,3H2,1H3,(H,11,12). The number of hydrogen-bond donors (Lipinski definition) is 2. The molecule has 6 heteroatoms. The number of aryl methyl sites for hydroxylation is 1. The van der Waals surface area contributed by atoms with Crippen LogP contribution in [0.4, 0.5) is 0 Å². The molecular formula is C8H10N2O2S2. The molecular weight excluding hydrogens is 220 g/mol. The van der Waals surface area contributed by atoms with Gasteiger partial charge in [-0.1, -0.05) is 0 Å². The predicted molar refractivity (Wildman–Crippen MR) is 56.6 cm³/mol. The van der Waals surface area contributed by atoms with Gasteiger partial charge in [-0.25, -0.2) is 4.98 Å². The van der Waals surface area contributed by atoms with E-state index in [2.05, 4.69) is 10.3 Å². The fourth-order valence-electron chi connectivity index (χ4n) is 1.29. The van der Waals surface area contributed by atoms with Gasteiger partial charge in [0.15, 0.2) is 0 Å². The first-order chi connectivity index (χ1) is 6.66. The molecule has 0 aromatic carbocycles. The number of carboxylic acid groups (broad SMARTS) is 1. The zero-order valence-corrected chi connectivity index (χ0v) is 9.19. The van der Waals surface area contributed by atoms with Gasteiger partial charge in [-0.3, -0.25) is 10.1 Å². The van der Waals surface area contributed by atoms with Crippen LogP contribution in [0.15, 0.2) is 5.38 Å². The third-order valence-electron chi connectivity index (χ3n) is 1.99. The molecule has 76 valence electrons. The van der Waals surface area contributed by atoms with E-state index in [1.54, 1.807) is 23.1 Å². The van der Waals surface area contributed by atoms with E-state index in [4.69, 9.17) is 5.11 Å². The van der Waals surface area contributed by atoms with E-state index < -0.39 is 12.0 Å². The molecule has 0 bridgehead atoms. The van der Waals surface area contributed by atoms with Gasteiger partial charge in [0.05, 0.1) is 16.1 Å². The minimum Gasteiger partial charge on any atom is -0.480 e. The molecule has 1 saturated heterocycles. The van der Waals surface area contributed by atoms with Crippen molar-refractivity contribution >= 4 is 29.1 Å². The minimum absolute atomic E-state index is 0.0426. The molecule has 2 rings (SSSR count). The van der Waals surface area contributed by atoms with Crippen molar-refractivity contribution in [3.8, 4) is 0 Å². The molecule has 2 unspecified atom stereocenters. The first-order valence-electron chi connectivity index (χ1n) is 4.19. The molecule has 1 aromatic rings. The molecule has 2 atom stereocenters. The molecule has 0 saturated carbocycles. The van der Waals surface area contributed by atoms with Crippen LogP contribution in [0.3, 0.4) is 0 Å². The quantitative estimate of drug-likeness (QED) is 0.800. The molecule has 1 fully saturated rings. The summed E-state index contributed by atoms with van der Waals surface area (Å²) in [5, 5.41) is 14.9. The van der Waals surface area contributed by atoms with Crippen molar-refractivity contribution in [2.24, 2.45) is 0 Å². The summed E-state index contributed by atoms with van der Waals surface area (Å²) in [6.07, 6.45) is 0. The Morgan fingerprint density at radius 2 is 2.57 bits per heavy atom. The topological polar surface area (TPSA) is 62.2 Å². The van der Waals surface area contributed by atoms with Crippen LogP contribution in [0.25, 0.3) is 0 Å². The number of hydrogen-bond acceptors (Lipinski definition) is 5. The van der Waals surface area contributed by atoms with Gasteiger partial charge < -0.3 is 5.11 Å². The Bertz CT molecular complexity index is 353. The van der Waals surface area contributed by atoms with Crippen molar-refractivity contribution in [3.63, 3.8) is 0 Å². The summed E-state index contributed by atoms with van der Waals surface area (Å²) < 4.78 is 0. The van der Waals surface area contributed by atoms with E-state index in [1.807, 2.05) is 12.3 Å². The summed E-state index contributed by atoms with van der Waals surface area (Å²) in [6.45, 7) is 1.95. The van der Waals surface area contributed by atoms with E-state index >= 15 is 0 Å². The number of aromatic nitrogens is 1. The smallest absolute Gasteiger partial charge is 0.321 e. The van der Waals surface area contributed by atoms with Crippen LogP contribution in [-0.2, 0) is 4.79 Å². The second kappa shape index (κ2) is 3.88. The summed E-state index contributed by atoms with van der Waals surface area (Å²) >= 11 is 3.19. The molecule has 1 aliphatic heterocycles. The lowest BCUT2D eigenvalue weighted by Crippen LogP contribution is -2.33. The van der Waals surface area contributed by atoms with E-state index in [9.17, 15) is 4.79 Å². The predicted octanol–water partition coefficient (Wildman–Crippen LogP) is 1.24. The maximum Gasteiger partial charge on any atom is 0.321 e. The Balaban J connectivity index is 2.05. The lowest BCUT2D eigenvalue weighted by atomic mass is 10.3. The number of carboxylic acids is 1. The highest BCUT2D eigenvalue weighted by Crippen LogP contribution is 2.33. The Labute approximate surface area is 89.7 Å².